The van der Waals surface area contributed by atoms with E-state index in [1.54, 1.807) is 0 Å². The summed E-state index contributed by atoms with van der Waals surface area (Å²) in [6.45, 7) is 0.556. The number of nitrogens with two attached hydrogens (primary N) is 1. The lowest BCUT2D eigenvalue weighted by Gasteiger charge is -2.12. The molecule has 1 amide bonds. The van der Waals surface area contributed by atoms with E-state index in [1.807, 2.05) is 42.5 Å². The van der Waals surface area contributed by atoms with Crippen LogP contribution in [0.2, 0.25) is 0 Å². The first-order chi connectivity index (χ1) is 10.2. The van der Waals surface area contributed by atoms with E-state index in [4.69, 9.17) is 10.5 Å². The Labute approximate surface area is 136 Å². The van der Waals surface area contributed by atoms with Crippen LogP contribution in [0.1, 0.15) is 12.8 Å². The minimum Gasteiger partial charge on any atom is -0.484 e. The van der Waals surface area contributed by atoms with Crippen molar-refractivity contribution in [3.8, 4) is 5.75 Å². The van der Waals surface area contributed by atoms with Crippen LogP contribution in [0, 0.1) is 5.92 Å². The molecule has 1 aliphatic carbocycles. The van der Waals surface area contributed by atoms with Crippen molar-refractivity contribution in [3.63, 3.8) is 0 Å². The van der Waals surface area contributed by atoms with Gasteiger partial charge in [0.2, 0.25) is 0 Å². The summed E-state index contributed by atoms with van der Waals surface area (Å²) >= 11 is 0. The highest BCUT2D eigenvalue weighted by molar-refractivity contribution is 5.85. The van der Waals surface area contributed by atoms with Crippen LogP contribution in [0.5, 0.6) is 5.75 Å². The van der Waals surface area contributed by atoms with Gasteiger partial charge in [-0.15, -0.1) is 12.4 Å². The number of hydrogen-bond donors (Lipinski definition) is 2. The highest BCUT2D eigenvalue weighted by Crippen LogP contribution is 2.31. The fourth-order valence-corrected chi connectivity index (χ4v) is 2.38. The van der Waals surface area contributed by atoms with Gasteiger partial charge in [0.1, 0.15) is 5.75 Å². The summed E-state index contributed by atoms with van der Waals surface area (Å²) in [6.07, 6.45) is 2.37. The lowest BCUT2D eigenvalue weighted by molar-refractivity contribution is -0.123. The average molecular weight is 321 g/mol. The minimum absolute atomic E-state index is 0. The number of rotatable bonds is 6. The molecule has 0 aliphatic heterocycles. The Balaban J connectivity index is 0.00000176. The Kier molecular flexibility index (Phi) is 5.63. The zero-order valence-electron chi connectivity index (χ0n) is 12.3. The number of amides is 1. The molecule has 1 saturated carbocycles. The van der Waals surface area contributed by atoms with E-state index in [2.05, 4.69) is 5.32 Å². The molecule has 3 N–H and O–H groups in total. The van der Waals surface area contributed by atoms with Crippen molar-refractivity contribution in [1.29, 1.82) is 0 Å². The van der Waals surface area contributed by atoms with E-state index in [0.29, 0.717) is 18.2 Å². The molecular weight excluding hydrogens is 300 g/mol. The highest BCUT2D eigenvalue weighted by Gasteiger charge is 2.28. The van der Waals surface area contributed by atoms with Crippen LogP contribution in [0.3, 0.4) is 0 Å². The monoisotopic (exact) mass is 320 g/mol. The van der Waals surface area contributed by atoms with Crippen LogP contribution in [-0.2, 0) is 4.79 Å². The van der Waals surface area contributed by atoms with Crippen LogP contribution >= 0.6 is 12.4 Å². The third-order valence-electron chi connectivity index (χ3n) is 3.85. The van der Waals surface area contributed by atoms with Crippen molar-refractivity contribution in [2.75, 3.05) is 13.2 Å². The van der Waals surface area contributed by atoms with Gasteiger partial charge < -0.3 is 15.8 Å². The Morgan fingerprint density at radius 1 is 1.23 bits per heavy atom. The molecule has 5 heteroatoms. The van der Waals surface area contributed by atoms with Gasteiger partial charge in [-0.1, -0.05) is 30.3 Å². The number of carbonyl (C=O) groups excluding carboxylic acids is 1. The van der Waals surface area contributed by atoms with Crippen molar-refractivity contribution in [2.24, 2.45) is 11.7 Å². The second kappa shape index (κ2) is 7.47. The second-order valence-electron chi connectivity index (χ2n) is 5.60. The Hall–Kier alpha value is -1.78. The summed E-state index contributed by atoms with van der Waals surface area (Å²) < 4.78 is 5.53. The molecule has 118 valence electrons. The van der Waals surface area contributed by atoms with E-state index < -0.39 is 0 Å². The number of halogens is 1. The van der Waals surface area contributed by atoms with Gasteiger partial charge in [0.05, 0.1) is 0 Å². The largest absolute Gasteiger partial charge is 0.484 e. The molecule has 0 heterocycles. The van der Waals surface area contributed by atoms with Crippen molar-refractivity contribution in [1.82, 2.24) is 5.32 Å². The molecule has 2 aromatic carbocycles. The standard InChI is InChI=1S/C17H20N2O2.ClH/c18-16(13-5-6-13)10-19-17(20)11-21-15-8-7-12-3-1-2-4-14(12)9-15;/h1-4,7-9,13,16H,5-6,10-11,18H2,(H,19,20);1H. The molecule has 3 rings (SSSR count). The predicted molar refractivity (Wildman–Crippen MR) is 90.4 cm³/mol. The summed E-state index contributed by atoms with van der Waals surface area (Å²) in [5.74, 6) is 1.17. The lowest BCUT2D eigenvalue weighted by atomic mass is 10.1. The summed E-state index contributed by atoms with van der Waals surface area (Å²) in [6, 6.07) is 13.9. The molecule has 0 spiro atoms. The van der Waals surface area contributed by atoms with Crippen molar-refractivity contribution >= 4 is 29.1 Å². The maximum atomic E-state index is 11.7. The van der Waals surface area contributed by atoms with Crippen molar-refractivity contribution in [3.05, 3.63) is 42.5 Å². The van der Waals surface area contributed by atoms with E-state index >= 15 is 0 Å². The first-order valence-electron chi connectivity index (χ1n) is 7.36. The number of carbonyl (C=O) groups is 1. The molecule has 0 radical (unpaired) electrons. The molecule has 2 aromatic rings. The fourth-order valence-electron chi connectivity index (χ4n) is 2.38. The van der Waals surface area contributed by atoms with Gasteiger partial charge in [-0.3, -0.25) is 4.79 Å². The Morgan fingerprint density at radius 2 is 1.95 bits per heavy atom. The first kappa shape index (κ1) is 16.6. The third-order valence-corrected chi connectivity index (χ3v) is 3.85. The fraction of sp³-hybridized carbons (Fsp3) is 0.353. The van der Waals surface area contributed by atoms with Crippen molar-refractivity contribution < 1.29 is 9.53 Å². The molecule has 0 aromatic heterocycles. The molecule has 0 bridgehead atoms. The number of hydrogen-bond acceptors (Lipinski definition) is 3. The third kappa shape index (κ3) is 4.36. The minimum atomic E-state index is -0.126. The summed E-state index contributed by atoms with van der Waals surface area (Å²) in [7, 11) is 0. The number of fused-ring (bicyclic) bond motifs is 1. The van der Waals surface area contributed by atoms with Crippen LogP contribution in [0.15, 0.2) is 42.5 Å². The van der Waals surface area contributed by atoms with Gasteiger partial charge in [-0.2, -0.15) is 0 Å². The summed E-state index contributed by atoms with van der Waals surface area (Å²) in [5.41, 5.74) is 5.94. The quantitative estimate of drug-likeness (QED) is 0.859. The van der Waals surface area contributed by atoms with E-state index in [1.165, 1.54) is 12.8 Å². The van der Waals surface area contributed by atoms with E-state index in [-0.39, 0.29) is 31.0 Å². The van der Waals surface area contributed by atoms with Gasteiger partial charge in [-0.05, 0) is 41.7 Å². The topological polar surface area (TPSA) is 64.3 Å². The summed E-state index contributed by atoms with van der Waals surface area (Å²) in [4.78, 5) is 11.7. The molecular formula is C17H21ClN2O2. The van der Waals surface area contributed by atoms with Crippen LogP contribution in [0.4, 0.5) is 0 Å². The predicted octanol–water partition coefficient (Wildman–Crippen LogP) is 2.49. The number of benzene rings is 2. The lowest BCUT2D eigenvalue weighted by Crippen LogP contribution is -2.40. The molecule has 0 saturated heterocycles. The molecule has 1 fully saturated rings. The smallest absolute Gasteiger partial charge is 0.257 e. The van der Waals surface area contributed by atoms with Crippen LogP contribution in [-0.4, -0.2) is 25.1 Å². The highest BCUT2D eigenvalue weighted by atomic mass is 35.5. The van der Waals surface area contributed by atoms with Gasteiger partial charge in [0, 0.05) is 12.6 Å². The molecule has 1 atom stereocenters. The average Bonchev–Trinajstić information content (AvgIpc) is 3.35. The van der Waals surface area contributed by atoms with Gasteiger partial charge in [-0.25, -0.2) is 0 Å². The first-order valence-corrected chi connectivity index (χ1v) is 7.36. The Bertz CT molecular complexity index is 643. The van der Waals surface area contributed by atoms with Crippen LogP contribution in [0.25, 0.3) is 10.8 Å². The van der Waals surface area contributed by atoms with Crippen molar-refractivity contribution in [2.45, 2.75) is 18.9 Å². The molecule has 22 heavy (non-hydrogen) atoms. The number of ether oxygens (including phenoxy) is 1. The van der Waals surface area contributed by atoms with E-state index in [9.17, 15) is 4.79 Å². The second-order valence-corrected chi connectivity index (χ2v) is 5.60. The molecule has 1 unspecified atom stereocenters. The summed E-state index contributed by atoms with van der Waals surface area (Å²) in [5, 5.41) is 5.08. The SMILES string of the molecule is Cl.NC(CNC(=O)COc1ccc2ccccc2c1)C1CC1. The van der Waals surface area contributed by atoms with Gasteiger partial charge >= 0.3 is 0 Å². The zero-order chi connectivity index (χ0) is 14.7. The maximum Gasteiger partial charge on any atom is 0.257 e. The van der Waals surface area contributed by atoms with Crippen LogP contribution < -0.4 is 15.8 Å². The Morgan fingerprint density at radius 3 is 2.68 bits per heavy atom. The van der Waals surface area contributed by atoms with Gasteiger partial charge in [0.25, 0.3) is 5.91 Å². The normalized spacial score (nSPS) is 15.0. The number of nitrogens with one attached hydrogen (secondary N) is 1. The molecule has 4 nitrogen and oxygen atoms in total. The zero-order valence-corrected chi connectivity index (χ0v) is 13.1. The van der Waals surface area contributed by atoms with E-state index in [0.717, 1.165) is 10.8 Å². The molecule has 1 aliphatic rings. The maximum absolute atomic E-state index is 11.7. The van der Waals surface area contributed by atoms with Gasteiger partial charge in [0.15, 0.2) is 6.61 Å².